The summed E-state index contributed by atoms with van der Waals surface area (Å²) in [5.74, 6) is -0.907. The van der Waals surface area contributed by atoms with Crippen LogP contribution in [0.5, 0.6) is 0 Å². The Hall–Kier alpha value is -3.09. The Morgan fingerprint density at radius 1 is 1.03 bits per heavy atom. The Morgan fingerprint density at radius 3 is 2.26 bits per heavy atom. The van der Waals surface area contributed by atoms with E-state index >= 15 is 0 Å². The minimum absolute atomic E-state index is 0.187. The molecule has 2 amide bonds. The van der Waals surface area contributed by atoms with Gasteiger partial charge in [0.1, 0.15) is 12.1 Å². The van der Waals surface area contributed by atoms with Crippen molar-refractivity contribution >= 4 is 17.8 Å². The monoisotopic (exact) mass is 469 g/mol. The summed E-state index contributed by atoms with van der Waals surface area (Å²) in [6.07, 6.45) is 2.55. The van der Waals surface area contributed by atoms with E-state index < -0.39 is 24.0 Å². The molecule has 2 rings (SSSR count). The van der Waals surface area contributed by atoms with E-state index in [0.29, 0.717) is 19.3 Å². The van der Waals surface area contributed by atoms with Gasteiger partial charge < -0.3 is 20.4 Å². The van der Waals surface area contributed by atoms with E-state index in [9.17, 15) is 14.4 Å². The first kappa shape index (κ1) is 27.2. The van der Waals surface area contributed by atoms with Gasteiger partial charge in [-0.2, -0.15) is 0 Å². The zero-order valence-corrected chi connectivity index (χ0v) is 21.3. The Kier molecular flexibility index (Phi) is 10.4. The molecule has 2 aromatic rings. The van der Waals surface area contributed by atoms with E-state index in [1.165, 1.54) is 18.2 Å². The molecule has 1 aromatic heterocycles. The van der Waals surface area contributed by atoms with Gasteiger partial charge in [-0.3, -0.25) is 9.59 Å². The summed E-state index contributed by atoms with van der Waals surface area (Å²) < 4.78 is 4.87. The van der Waals surface area contributed by atoms with Crippen LogP contribution < -0.4 is 10.6 Å². The maximum Gasteiger partial charge on any atom is 0.328 e. The highest BCUT2D eigenvalue weighted by Crippen LogP contribution is 2.19. The van der Waals surface area contributed by atoms with Crippen LogP contribution in [-0.2, 0) is 38.4 Å². The van der Waals surface area contributed by atoms with Crippen LogP contribution in [0.15, 0.2) is 30.3 Å². The average molecular weight is 470 g/mol. The van der Waals surface area contributed by atoms with Crippen molar-refractivity contribution in [3.63, 3.8) is 0 Å². The van der Waals surface area contributed by atoms with Crippen LogP contribution in [0.25, 0.3) is 0 Å². The van der Waals surface area contributed by atoms with Crippen LogP contribution in [0, 0.1) is 19.8 Å². The van der Waals surface area contributed by atoms with Gasteiger partial charge in [-0.25, -0.2) is 4.79 Å². The molecule has 1 heterocycles. The first-order chi connectivity index (χ1) is 16.2. The van der Waals surface area contributed by atoms with Crippen LogP contribution in [0.1, 0.15) is 61.7 Å². The number of hydrogen-bond acceptors (Lipinski definition) is 4. The number of benzene rings is 1. The fraction of sp³-hybridized carbons (Fsp3) is 0.519. The molecule has 34 heavy (non-hydrogen) atoms. The van der Waals surface area contributed by atoms with Crippen molar-refractivity contribution in [1.82, 2.24) is 15.6 Å². The molecular formula is C27H39N3O4. The molecule has 0 spiro atoms. The number of aromatic nitrogens is 1. The zero-order chi connectivity index (χ0) is 25.3. The maximum absolute atomic E-state index is 13.2. The van der Waals surface area contributed by atoms with Gasteiger partial charge in [0.05, 0.1) is 7.11 Å². The number of ether oxygens (including phenoxy) is 1. The molecule has 0 bridgehead atoms. The molecule has 7 heteroatoms. The van der Waals surface area contributed by atoms with Crippen LogP contribution >= 0.6 is 0 Å². The lowest BCUT2D eigenvalue weighted by molar-refractivity contribution is -0.145. The predicted molar refractivity (Wildman–Crippen MR) is 133 cm³/mol. The number of aromatic amines is 1. The van der Waals surface area contributed by atoms with Gasteiger partial charge in [0.2, 0.25) is 11.8 Å². The summed E-state index contributed by atoms with van der Waals surface area (Å²) in [6.45, 7) is 10.2. The number of nitrogens with one attached hydrogen (secondary N) is 3. The number of aryl methyl sites for hydroxylation is 2. The second kappa shape index (κ2) is 13.0. The minimum atomic E-state index is -0.799. The SMILES string of the molecule is CCc1c(C)[nH]c(CCC(=O)N[C@H](Cc2ccccc2)C(=O)N[C@@H](CC(C)C)C(=O)OC)c1C. The fourth-order valence-corrected chi connectivity index (χ4v) is 4.30. The summed E-state index contributed by atoms with van der Waals surface area (Å²) in [5, 5.41) is 5.68. The van der Waals surface area contributed by atoms with Crippen molar-refractivity contribution in [2.75, 3.05) is 7.11 Å². The largest absolute Gasteiger partial charge is 0.467 e. The Balaban J connectivity index is 2.12. The maximum atomic E-state index is 13.2. The van der Waals surface area contributed by atoms with Gasteiger partial charge in [0.25, 0.3) is 0 Å². The summed E-state index contributed by atoms with van der Waals surface area (Å²) in [4.78, 5) is 41.6. The lowest BCUT2D eigenvalue weighted by Gasteiger charge is -2.23. The molecule has 3 N–H and O–H groups in total. The second-order valence-corrected chi connectivity index (χ2v) is 9.21. The fourth-order valence-electron chi connectivity index (χ4n) is 4.30. The molecule has 0 saturated heterocycles. The summed E-state index contributed by atoms with van der Waals surface area (Å²) in [7, 11) is 1.30. The molecule has 0 aliphatic rings. The molecule has 0 unspecified atom stereocenters. The molecule has 2 atom stereocenters. The van der Waals surface area contributed by atoms with Gasteiger partial charge in [-0.1, -0.05) is 51.1 Å². The molecule has 0 fully saturated rings. The van der Waals surface area contributed by atoms with Crippen LogP contribution in [0.3, 0.4) is 0 Å². The van der Waals surface area contributed by atoms with E-state index in [-0.39, 0.29) is 18.2 Å². The number of esters is 1. The van der Waals surface area contributed by atoms with Crippen LogP contribution in [0.2, 0.25) is 0 Å². The third kappa shape index (κ3) is 7.75. The summed E-state index contributed by atoms with van der Waals surface area (Å²) in [5.41, 5.74) is 5.59. The standard InChI is InChI=1S/C27H39N3O4/c1-7-21-18(4)22(28-19(21)5)13-14-25(31)29-23(16-20-11-9-8-10-12-20)26(32)30-24(15-17(2)3)27(33)34-6/h8-12,17,23-24,28H,7,13-16H2,1-6H3,(H,29,31)(H,30,32)/t23-,24+/m1/s1. The third-order valence-corrected chi connectivity index (χ3v) is 6.10. The molecule has 0 aliphatic carbocycles. The van der Waals surface area contributed by atoms with Crippen molar-refractivity contribution in [2.24, 2.45) is 5.92 Å². The number of amides is 2. The van der Waals surface area contributed by atoms with Crippen molar-refractivity contribution in [1.29, 1.82) is 0 Å². The first-order valence-electron chi connectivity index (χ1n) is 12.0. The molecular weight excluding hydrogens is 430 g/mol. The Bertz CT molecular complexity index is 966. The number of carbonyl (C=O) groups excluding carboxylic acids is 3. The van der Waals surface area contributed by atoms with Crippen LogP contribution in [-0.4, -0.2) is 42.0 Å². The summed E-state index contributed by atoms with van der Waals surface area (Å²) >= 11 is 0. The highest BCUT2D eigenvalue weighted by molar-refractivity contribution is 5.91. The van der Waals surface area contributed by atoms with E-state index in [4.69, 9.17) is 4.74 Å². The number of rotatable bonds is 12. The van der Waals surface area contributed by atoms with E-state index in [1.807, 2.05) is 51.1 Å². The second-order valence-electron chi connectivity index (χ2n) is 9.21. The molecule has 186 valence electrons. The lowest BCUT2D eigenvalue weighted by Crippen LogP contribution is -2.53. The number of hydrogen-bond donors (Lipinski definition) is 3. The highest BCUT2D eigenvalue weighted by Gasteiger charge is 2.28. The molecule has 0 radical (unpaired) electrons. The Labute approximate surface area is 203 Å². The van der Waals surface area contributed by atoms with Gasteiger partial charge in [-0.05, 0) is 55.7 Å². The van der Waals surface area contributed by atoms with Crippen molar-refractivity contribution in [3.05, 3.63) is 58.4 Å². The minimum Gasteiger partial charge on any atom is -0.467 e. The molecule has 1 aromatic carbocycles. The topological polar surface area (TPSA) is 100 Å². The van der Waals surface area contributed by atoms with Crippen molar-refractivity contribution < 1.29 is 19.1 Å². The quantitative estimate of drug-likeness (QED) is 0.414. The highest BCUT2D eigenvalue weighted by atomic mass is 16.5. The third-order valence-electron chi connectivity index (χ3n) is 6.10. The smallest absolute Gasteiger partial charge is 0.328 e. The zero-order valence-electron chi connectivity index (χ0n) is 21.3. The molecule has 0 aliphatic heterocycles. The van der Waals surface area contributed by atoms with E-state index in [2.05, 4.69) is 29.5 Å². The van der Waals surface area contributed by atoms with Crippen molar-refractivity contribution in [2.45, 2.75) is 78.8 Å². The van der Waals surface area contributed by atoms with Crippen molar-refractivity contribution in [3.8, 4) is 0 Å². The normalized spacial score (nSPS) is 12.8. The van der Waals surface area contributed by atoms with Gasteiger partial charge in [0.15, 0.2) is 0 Å². The van der Waals surface area contributed by atoms with E-state index in [1.54, 1.807) is 0 Å². The molecule has 7 nitrogen and oxygen atoms in total. The van der Waals surface area contributed by atoms with Gasteiger partial charge in [-0.15, -0.1) is 0 Å². The number of carbonyl (C=O) groups is 3. The first-order valence-corrected chi connectivity index (χ1v) is 12.0. The molecule has 0 saturated carbocycles. The van der Waals surface area contributed by atoms with Gasteiger partial charge in [0, 0.05) is 24.2 Å². The van der Waals surface area contributed by atoms with Crippen LogP contribution in [0.4, 0.5) is 0 Å². The van der Waals surface area contributed by atoms with Gasteiger partial charge >= 0.3 is 5.97 Å². The summed E-state index contributed by atoms with van der Waals surface area (Å²) in [6, 6.07) is 7.95. The average Bonchev–Trinajstić information content (AvgIpc) is 3.08. The number of H-pyrrole nitrogens is 1. The van der Waals surface area contributed by atoms with E-state index in [0.717, 1.165) is 23.4 Å². The lowest BCUT2D eigenvalue weighted by atomic mass is 10.0. The predicted octanol–water partition coefficient (Wildman–Crippen LogP) is 3.56. The number of methoxy groups -OCH3 is 1. The Morgan fingerprint density at radius 2 is 1.71 bits per heavy atom.